The van der Waals surface area contributed by atoms with Gasteiger partial charge < -0.3 is 9.80 Å². The summed E-state index contributed by atoms with van der Waals surface area (Å²) in [6, 6.07) is 4.14. The number of aromatic nitrogens is 3. The zero-order chi connectivity index (χ0) is 19.4. The minimum atomic E-state index is -4.35. The molecule has 8 heteroatoms. The highest BCUT2D eigenvalue weighted by atomic mass is 19.4. The van der Waals surface area contributed by atoms with E-state index in [-0.39, 0.29) is 0 Å². The summed E-state index contributed by atoms with van der Waals surface area (Å²) in [5, 5.41) is 0. The van der Waals surface area contributed by atoms with Crippen LogP contribution in [0.4, 0.5) is 24.8 Å². The van der Waals surface area contributed by atoms with Crippen molar-refractivity contribution in [3.63, 3.8) is 0 Å². The van der Waals surface area contributed by atoms with Crippen LogP contribution in [0.5, 0.6) is 0 Å². The molecule has 1 fully saturated rings. The second-order valence-electron chi connectivity index (χ2n) is 6.93. The van der Waals surface area contributed by atoms with Crippen LogP contribution >= 0.6 is 0 Å². The smallest absolute Gasteiger partial charge is 0.359 e. The van der Waals surface area contributed by atoms with E-state index in [0.29, 0.717) is 18.3 Å². The number of pyridine rings is 1. The van der Waals surface area contributed by atoms with Crippen molar-refractivity contribution in [2.45, 2.75) is 32.4 Å². The highest BCUT2D eigenvalue weighted by Gasteiger charge is 2.31. The van der Waals surface area contributed by atoms with Gasteiger partial charge in [0.2, 0.25) is 0 Å². The predicted octanol–water partition coefficient (Wildman–Crippen LogP) is 3.81. The molecule has 0 bridgehead atoms. The van der Waals surface area contributed by atoms with Crippen LogP contribution < -0.4 is 9.80 Å². The predicted molar refractivity (Wildman–Crippen MR) is 98.9 cm³/mol. The Morgan fingerprint density at radius 3 is 2.56 bits per heavy atom. The molecule has 2 aromatic rings. The van der Waals surface area contributed by atoms with Crippen molar-refractivity contribution in [2.75, 3.05) is 36.5 Å². The molecular weight excluding hydrogens is 355 g/mol. The third kappa shape index (κ3) is 4.87. The molecule has 3 heterocycles. The van der Waals surface area contributed by atoms with E-state index in [9.17, 15) is 13.2 Å². The Bertz CT molecular complexity index is 757. The third-order valence-electron chi connectivity index (χ3n) is 5.01. The van der Waals surface area contributed by atoms with Crippen molar-refractivity contribution >= 4 is 11.6 Å². The number of aryl methyl sites for hydroxylation is 1. The van der Waals surface area contributed by atoms with Crippen LogP contribution in [0.25, 0.3) is 0 Å². The number of anilines is 2. The zero-order valence-electron chi connectivity index (χ0n) is 15.6. The lowest BCUT2D eigenvalue weighted by Crippen LogP contribution is -2.38. The fourth-order valence-corrected chi connectivity index (χ4v) is 3.38. The van der Waals surface area contributed by atoms with Crippen LogP contribution in [0.2, 0.25) is 0 Å². The molecule has 1 saturated heterocycles. The van der Waals surface area contributed by atoms with Gasteiger partial charge in [0.05, 0.1) is 5.56 Å². The summed E-state index contributed by atoms with van der Waals surface area (Å²) in [5.41, 5.74) is 0.363. The monoisotopic (exact) mass is 379 g/mol. The third-order valence-corrected chi connectivity index (χ3v) is 5.01. The minimum Gasteiger partial charge on any atom is -0.359 e. The van der Waals surface area contributed by atoms with Crippen LogP contribution in [0.15, 0.2) is 30.7 Å². The zero-order valence-corrected chi connectivity index (χ0v) is 15.6. The van der Waals surface area contributed by atoms with E-state index in [2.05, 4.69) is 26.8 Å². The van der Waals surface area contributed by atoms with Crippen molar-refractivity contribution in [3.8, 4) is 0 Å². The average molecular weight is 379 g/mol. The maximum absolute atomic E-state index is 12.9. The van der Waals surface area contributed by atoms with Crippen molar-refractivity contribution < 1.29 is 13.2 Å². The molecule has 0 atom stereocenters. The summed E-state index contributed by atoms with van der Waals surface area (Å²) < 4.78 is 38.7. The summed E-state index contributed by atoms with van der Waals surface area (Å²) in [4.78, 5) is 16.8. The molecule has 0 aromatic carbocycles. The first-order valence-corrected chi connectivity index (χ1v) is 9.17. The summed E-state index contributed by atoms with van der Waals surface area (Å²) in [6.45, 7) is 4.52. The number of nitrogens with zero attached hydrogens (tertiary/aromatic N) is 5. The summed E-state index contributed by atoms with van der Waals surface area (Å²) in [5.74, 6) is 1.72. The van der Waals surface area contributed by atoms with Gasteiger partial charge in [-0.3, -0.25) is 0 Å². The van der Waals surface area contributed by atoms with E-state index < -0.39 is 11.7 Å². The van der Waals surface area contributed by atoms with Crippen LogP contribution in [-0.2, 0) is 12.6 Å². The van der Waals surface area contributed by atoms with Gasteiger partial charge >= 0.3 is 6.18 Å². The minimum absolute atomic E-state index is 0.357. The maximum atomic E-state index is 12.9. The first-order valence-electron chi connectivity index (χ1n) is 9.17. The second-order valence-corrected chi connectivity index (χ2v) is 6.93. The summed E-state index contributed by atoms with van der Waals surface area (Å²) in [6.07, 6.45) is 1.29. The van der Waals surface area contributed by atoms with Crippen molar-refractivity contribution in [1.29, 1.82) is 0 Å². The summed E-state index contributed by atoms with van der Waals surface area (Å²) in [7, 11) is 1.80. The van der Waals surface area contributed by atoms with Gasteiger partial charge in [-0.1, -0.05) is 6.92 Å². The Hall–Kier alpha value is -2.38. The molecule has 0 saturated carbocycles. The number of hydrogen-bond acceptors (Lipinski definition) is 5. The lowest BCUT2D eigenvalue weighted by atomic mass is 9.96. The van der Waals surface area contributed by atoms with Gasteiger partial charge in [0.1, 0.15) is 18.0 Å². The lowest BCUT2D eigenvalue weighted by Gasteiger charge is -2.35. The molecule has 0 N–H and O–H groups in total. The van der Waals surface area contributed by atoms with Gasteiger partial charge in [-0.2, -0.15) is 13.2 Å². The van der Waals surface area contributed by atoms with Gasteiger partial charge in [0.25, 0.3) is 0 Å². The van der Waals surface area contributed by atoms with Gasteiger partial charge in [-0.05, 0) is 37.3 Å². The van der Waals surface area contributed by atoms with Crippen LogP contribution in [0.1, 0.15) is 31.0 Å². The van der Waals surface area contributed by atoms with E-state index in [1.54, 1.807) is 13.4 Å². The normalized spacial score (nSPS) is 15.8. The van der Waals surface area contributed by atoms with Crippen molar-refractivity contribution in [2.24, 2.45) is 5.92 Å². The van der Waals surface area contributed by atoms with Crippen LogP contribution in [-0.4, -0.2) is 41.6 Å². The van der Waals surface area contributed by atoms with E-state index in [1.165, 1.54) is 6.20 Å². The number of piperidine rings is 1. The molecule has 0 aliphatic carbocycles. The molecule has 1 aliphatic rings. The SMILES string of the molecule is CCc1cc(N2CCC(CN(C)c3cc(C(F)(F)F)ccn3)CC2)ncn1. The number of alkyl halides is 3. The molecule has 0 unspecified atom stereocenters. The molecule has 1 aliphatic heterocycles. The van der Waals surface area contributed by atoms with Gasteiger partial charge in [-0.25, -0.2) is 15.0 Å². The Morgan fingerprint density at radius 2 is 1.89 bits per heavy atom. The Balaban J connectivity index is 1.57. The lowest BCUT2D eigenvalue weighted by molar-refractivity contribution is -0.137. The number of hydrogen-bond donors (Lipinski definition) is 0. The molecule has 3 rings (SSSR count). The van der Waals surface area contributed by atoms with E-state index in [0.717, 1.165) is 56.0 Å². The topological polar surface area (TPSA) is 45.2 Å². The Morgan fingerprint density at radius 1 is 1.15 bits per heavy atom. The molecule has 2 aromatic heterocycles. The molecule has 146 valence electrons. The van der Waals surface area contributed by atoms with Gasteiger partial charge in [0.15, 0.2) is 0 Å². The van der Waals surface area contributed by atoms with Crippen molar-refractivity contribution in [1.82, 2.24) is 15.0 Å². The quantitative estimate of drug-likeness (QED) is 0.791. The molecule has 0 spiro atoms. The standard InChI is InChI=1S/C19H24F3N5/c1-3-16-11-18(25-13-24-16)27-8-5-14(6-9-27)12-26(2)17-10-15(4-7-23-17)19(20,21)22/h4,7,10-11,13-14H,3,5-6,8-9,12H2,1-2H3. The average Bonchev–Trinajstić information content (AvgIpc) is 2.68. The van der Waals surface area contributed by atoms with E-state index in [4.69, 9.17) is 0 Å². The number of halogens is 3. The van der Waals surface area contributed by atoms with E-state index >= 15 is 0 Å². The molecule has 5 nitrogen and oxygen atoms in total. The van der Waals surface area contributed by atoms with E-state index in [1.807, 2.05) is 11.0 Å². The Labute approximate surface area is 157 Å². The Kier molecular flexibility index (Phi) is 5.82. The van der Waals surface area contributed by atoms with Crippen molar-refractivity contribution in [3.05, 3.63) is 42.0 Å². The molecule has 27 heavy (non-hydrogen) atoms. The summed E-state index contributed by atoms with van der Waals surface area (Å²) >= 11 is 0. The largest absolute Gasteiger partial charge is 0.416 e. The fraction of sp³-hybridized carbons (Fsp3) is 0.526. The molecular formula is C19H24F3N5. The fourth-order valence-electron chi connectivity index (χ4n) is 3.38. The van der Waals surface area contributed by atoms with Crippen LogP contribution in [0, 0.1) is 5.92 Å². The first kappa shape index (κ1) is 19.4. The highest BCUT2D eigenvalue weighted by Crippen LogP contribution is 2.31. The highest BCUT2D eigenvalue weighted by molar-refractivity contribution is 5.42. The number of rotatable bonds is 5. The molecule has 0 radical (unpaired) electrons. The van der Waals surface area contributed by atoms with Gasteiger partial charge in [-0.15, -0.1) is 0 Å². The van der Waals surface area contributed by atoms with Gasteiger partial charge in [0, 0.05) is 44.6 Å². The molecule has 0 amide bonds. The first-order chi connectivity index (χ1) is 12.9. The maximum Gasteiger partial charge on any atom is 0.416 e. The van der Waals surface area contributed by atoms with Crippen LogP contribution in [0.3, 0.4) is 0 Å². The second kappa shape index (κ2) is 8.10.